The van der Waals surface area contributed by atoms with E-state index in [0.29, 0.717) is 5.82 Å². The number of nitrogens with one attached hydrogen (secondary N) is 2. The van der Waals surface area contributed by atoms with Crippen molar-refractivity contribution >= 4 is 22.9 Å². The van der Waals surface area contributed by atoms with Gasteiger partial charge in [-0.05, 0) is 30.2 Å². The quantitative estimate of drug-likeness (QED) is 0.663. The number of aromatic nitrogens is 3. The molecule has 2 heterocycles. The fourth-order valence-corrected chi connectivity index (χ4v) is 2.57. The number of benzene rings is 1. The van der Waals surface area contributed by atoms with Crippen LogP contribution in [0.15, 0.2) is 42.5 Å². The Hall–Kier alpha value is -3.22. The molecule has 7 nitrogen and oxygen atoms in total. The summed E-state index contributed by atoms with van der Waals surface area (Å²) in [6, 6.07) is 11.6. The maximum Gasteiger partial charge on any atom is 0.354 e. The molecule has 0 saturated heterocycles. The van der Waals surface area contributed by atoms with Gasteiger partial charge in [0.15, 0.2) is 0 Å². The summed E-state index contributed by atoms with van der Waals surface area (Å²) >= 11 is 0. The lowest BCUT2D eigenvalue weighted by Gasteiger charge is -2.20. The predicted molar refractivity (Wildman–Crippen MR) is 92.3 cm³/mol. The molecule has 0 aliphatic carbocycles. The van der Waals surface area contributed by atoms with Gasteiger partial charge < -0.3 is 15.4 Å². The highest BCUT2D eigenvalue weighted by Gasteiger charge is 2.23. The third-order valence-corrected chi connectivity index (χ3v) is 3.86. The van der Waals surface area contributed by atoms with E-state index in [1.807, 2.05) is 38.1 Å². The van der Waals surface area contributed by atoms with Gasteiger partial charge in [0.1, 0.15) is 17.2 Å². The van der Waals surface area contributed by atoms with E-state index < -0.39 is 11.9 Å². The zero-order valence-electron chi connectivity index (χ0n) is 13.9. The molecule has 0 radical (unpaired) electrons. The summed E-state index contributed by atoms with van der Waals surface area (Å²) in [5.41, 5.74) is 1.60. The van der Waals surface area contributed by atoms with Crippen LogP contribution < -0.4 is 5.32 Å². The van der Waals surface area contributed by atoms with E-state index in [2.05, 4.69) is 20.3 Å². The molecule has 0 spiro atoms. The van der Waals surface area contributed by atoms with Gasteiger partial charge >= 0.3 is 5.97 Å². The van der Waals surface area contributed by atoms with Crippen molar-refractivity contribution in [3.63, 3.8) is 0 Å². The second-order valence-corrected chi connectivity index (χ2v) is 6.05. The summed E-state index contributed by atoms with van der Waals surface area (Å²) in [7, 11) is 0. The van der Waals surface area contributed by atoms with Crippen molar-refractivity contribution in [3.05, 3.63) is 59.7 Å². The van der Waals surface area contributed by atoms with Crippen LogP contribution in [0.1, 0.15) is 46.7 Å². The first kappa shape index (κ1) is 16.6. The number of nitrogens with zero attached hydrogens (tertiary/aromatic N) is 2. The number of carboxylic acids is 1. The highest BCUT2D eigenvalue weighted by atomic mass is 16.4. The summed E-state index contributed by atoms with van der Waals surface area (Å²) in [5, 5.41) is 11.9. The van der Waals surface area contributed by atoms with Crippen LogP contribution in [0.3, 0.4) is 0 Å². The lowest BCUT2D eigenvalue weighted by Crippen LogP contribution is -2.33. The number of hydrogen-bond donors (Lipinski definition) is 3. The molecule has 1 amide bonds. The summed E-state index contributed by atoms with van der Waals surface area (Å²) in [5.74, 6) is -0.888. The second-order valence-electron chi connectivity index (χ2n) is 6.05. The summed E-state index contributed by atoms with van der Waals surface area (Å²) in [6.07, 6.45) is 0. The van der Waals surface area contributed by atoms with E-state index >= 15 is 0 Å². The number of pyridine rings is 1. The number of carbonyl (C=O) groups excluding carboxylic acids is 1. The molecule has 1 atom stereocenters. The van der Waals surface area contributed by atoms with Crippen molar-refractivity contribution in [2.24, 2.45) is 5.92 Å². The number of rotatable bonds is 5. The Morgan fingerprint density at radius 2 is 1.76 bits per heavy atom. The minimum Gasteiger partial charge on any atom is -0.477 e. The zero-order chi connectivity index (χ0) is 18.0. The molecule has 25 heavy (non-hydrogen) atoms. The van der Waals surface area contributed by atoms with Crippen LogP contribution in [0, 0.1) is 5.92 Å². The van der Waals surface area contributed by atoms with Crippen molar-refractivity contribution < 1.29 is 14.7 Å². The molecule has 3 N–H and O–H groups in total. The number of aromatic carboxylic acids is 1. The monoisotopic (exact) mass is 338 g/mol. The van der Waals surface area contributed by atoms with Crippen molar-refractivity contribution in [2.75, 3.05) is 0 Å². The van der Waals surface area contributed by atoms with Crippen molar-refractivity contribution in [1.82, 2.24) is 20.3 Å². The normalized spacial score (nSPS) is 12.3. The molecule has 0 unspecified atom stereocenters. The standard InChI is InChI=1S/C18H18N4O3/c1-10(2)15(16-20-11-6-3-4-7-12(11)21-16)22-17(23)13-8-5-9-14(19-13)18(24)25/h3-10,15H,1-2H3,(H,20,21)(H,22,23)(H,24,25)/t15-/m0/s1. The SMILES string of the molecule is CC(C)[C@H](NC(=O)c1cccc(C(=O)O)n1)c1nc2ccccc2[nH]1. The number of H-pyrrole nitrogens is 1. The van der Waals surface area contributed by atoms with Crippen LogP contribution in [0.2, 0.25) is 0 Å². The van der Waals surface area contributed by atoms with Gasteiger partial charge in [-0.15, -0.1) is 0 Å². The number of imidazole rings is 1. The van der Waals surface area contributed by atoms with E-state index in [-0.39, 0.29) is 23.3 Å². The van der Waals surface area contributed by atoms with E-state index in [9.17, 15) is 9.59 Å². The summed E-state index contributed by atoms with van der Waals surface area (Å²) in [6.45, 7) is 3.94. The average molecular weight is 338 g/mol. The molecule has 0 fully saturated rings. The summed E-state index contributed by atoms with van der Waals surface area (Å²) < 4.78 is 0. The largest absolute Gasteiger partial charge is 0.477 e. The van der Waals surface area contributed by atoms with Crippen LogP contribution in [0.5, 0.6) is 0 Å². The van der Waals surface area contributed by atoms with E-state index in [1.54, 1.807) is 0 Å². The molecule has 3 rings (SSSR count). The molecular weight excluding hydrogens is 320 g/mol. The van der Waals surface area contributed by atoms with Crippen LogP contribution in [0.4, 0.5) is 0 Å². The zero-order valence-corrected chi connectivity index (χ0v) is 13.9. The van der Waals surface area contributed by atoms with Gasteiger partial charge in [-0.3, -0.25) is 4.79 Å². The van der Waals surface area contributed by atoms with Gasteiger partial charge in [-0.2, -0.15) is 0 Å². The first-order valence-electron chi connectivity index (χ1n) is 7.91. The van der Waals surface area contributed by atoms with E-state index in [0.717, 1.165) is 11.0 Å². The second kappa shape index (κ2) is 6.72. The number of amides is 1. The molecule has 2 aromatic heterocycles. The highest BCUT2D eigenvalue weighted by molar-refractivity contribution is 5.94. The lowest BCUT2D eigenvalue weighted by atomic mass is 10.0. The minimum absolute atomic E-state index is 0.0571. The van der Waals surface area contributed by atoms with Gasteiger partial charge in [-0.25, -0.2) is 14.8 Å². The molecule has 0 aliphatic rings. The molecule has 1 aromatic carbocycles. The minimum atomic E-state index is -1.17. The highest BCUT2D eigenvalue weighted by Crippen LogP contribution is 2.22. The maximum absolute atomic E-state index is 12.5. The number of carbonyl (C=O) groups is 2. The van der Waals surface area contributed by atoms with Crippen molar-refractivity contribution in [3.8, 4) is 0 Å². The smallest absolute Gasteiger partial charge is 0.354 e. The fraction of sp³-hybridized carbons (Fsp3) is 0.222. The van der Waals surface area contributed by atoms with E-state index in [4.69, 9.17) is 5.11 Å². The van der Waals surface area contributed by atoms with Gasteiger partial charge in [0, 0.05) is 0 Å². The van der Waals surface area contributed by atoms with Gasteiger partial charge in [0.05, 0.1) is 17.1 Å². The van der Waals surface area contributed by atoms with Gasteiger partial charge in [-0.1, -0.05) is 32.0 Å². The Kier molecular flexibility index (Phi) is 4.47. The van der Waals surface area contributed by atoms with Crippen molar-refractivity contribution in [2.45, 2.75) is 19.9 Å². The van der Waals surface area contributed by atoms with E-state index in [1.165, 1.54) is 18.2 Å². The Bertz CT molecular complexity index is 900. The Morgan fingerprint density at radius 1 is 1.04 bits per heavy atom. The van der Waals surface area contributed by atoms with Crippen LogP contribution in [-0.4, -0.2) is 31.9 Å². The van der Waals surface area contributed by atoms with Crippen LogP contribution in [-0.2, 0) is 0 Å². The number of fused-ring (bicyclic) bond motifs is 1. The molecule has 3 aromatic rings. The topological polar surface area (TPSA) is 108 Å². The van der Waals surface area contributed by atoms with Gasteiger partial charge in [0.25, 0.3) is 5.91 Å². The summed E-state index contributed by atoms with van der Waals surface area (Å²) in [4.78, 5) is 35.2. The molecular formula is C18H18N4O3. The molecule has 0 saturated carbocycles. The maximum atomic E-state index is 12.5. The fourth-order valence-electron chi connectivity index (χ4n) is 2.57. The third-order valence-electron chi connectivity index (χ3n) is 3.86. The lowest BCUT2D eigenvalue weighted by molar-refractivity contribution is 0.0690. The Morgan fingerprint density at radius 3 is 2.44 bits per heavy atom. The first-order valence-corrected chi connectivity index (χ1v) is 7.91. The Balaban J connectivity index is 1.88. The molecule has 0 bridgehead atoms. The van der Waals surface area contributed by atoms with Gasteiger partial charge in [0.2, 0.25) is 0 Å². The first-order chi connectivity index (χ1) is 12.0. The number of hydrogen-bond acceptors (Lipinski definition) is 4. The number of para-hydroxylation sites is 2. The van der Waals surface area contributed by atoms with Crippen LogP contribution in [0.25, 0.3) is 11.0 Å². The molecule has 128 valence electrons. The van der Waals surface area contributed by atoms with Crippen molar-refractivity contribution in [1.29, 1.82) is 0 Å². The third kappa shape index (κ3) is 3.50. The molecule has 7 heteroatoms. The Labute approximate surface area is 144 Å². The molecule has 0 aliphatic heterocycles. The predicted octanol–water partition coefficient (Wildman–Crippen LogP) is 2.78. The van der Waals surface area contributed by atoms with Crippen LogP contribution >= 0.6 is 0 Å². The average Bonchev–Trinajstić information content (AvgIpc) is 3.02. The number of carboxylic acid groups (broad SMARTS) is 1. The number of aromatic amines is 1.